The number of likely N-dealkylation sites (tertiary alicyclic amines) is 1. The van der Waals surface area contributed by atoms with Crippen molar-refractivity contribution in [1.29, 1.82) is 0 Å². The Labute approximate surface area is 163 Å². The Morgan fingerprint density at radius 2 is 1.93 bits per heavy atom. The van der Waals surface area contributed by atoms with Crippen LogP contribution in [0.15, 0.2) is 48.5 Å². The van der Waals surface area contributed by atoms with Crippen LogP contribution in [0.2, 0.25) is 0 Å². The highest BCUT2D eigenvalue weighted by Gasteiger charge is 2.34. The van der Waals surface area contributed by atoms with Crippen molar-refractivity contribution in [2.24, 2.45) is 0 Å². The van der Waals surface area contributed by atoms with Gasteiger partial charge in [0.25, 0.3) is 5.91 Å². The topological polar surface area (TPSA) is 49.4 Å². The van der Waals surface area contributed by atoms with E-state index in [0.717, 1.165) is 31.4 Å². The molecule has 2 amide bonds. The monoisotopic (exact) mass is 386 g/mol. The summed E-state index contributed by atoms with van der Waals surface area (Å²) in [5, 5.41) is 2.46. The standard InChI is InChI=1S/C22H24F2N2O2/c1-2-17(15-7-4-3-5-8-15)20-9-6-12-26(20)21(27)14-25-22(28)18-11-10-16(23)13-19(18)24/h3-5,7-8,10-11,13,17,20H,2,6,9,12,14H2,1H3,(H,25,28)/t17-,20-/m1/s1. The molecular formula is C22H24F2N2O2. The van der Waals surface area contributed by atoms with E-state index in [1.165, 1.54) is 5.56 Å². The molecule has 0 saturated carbocycles. The number of halogens is 2. The zero-order valence-corrected chi connectivity index (χ0v) is 15.8. The van der Waals surface area contributed by atoms with Gasteiger partial charge in [0, 0.05) is 24.6 Å². The summed E-state index contributed by atoms with van der Waals surface area (Å²) in [5.41, 5.74) is 0.926. The summed E-state index contributed by atoms with van der Waals surface area (Å²) >= 11 is 0. The van der Waals surface area contributed by atoms with Gasteiger partial charge in [0.2, 0.25) is 5.91 Å². The summed E-state index contributed by atoms with van der Waals surface area (Å²) in [7, 11) is 0. The van der Waals surface area contributed by atoms with Gasteiger partial charge in [-0.3, -0.25) is 9.59 Å². The van der Waals surface area contributed by atoms with Crippen LogP contribution in [0.25, 0.3) is 0 Å². The molecule has 1 aliphatic rings. The molecule has 6 heteroatoms. The van der Waals surface area contributed by atoms with Crippen LogP contribution in [-0.2, 0) is 4.79 Å². The maximum absolute atomic E-state index is 13.7. The van der Waals surface area contributed by atoms with Gasteiger partial charge in [-0.1, -0.05) is 37.3 Å². The highest BCUT2D eigenvalue weighted by atomic mass is 19.1. The van der Waals surface area contributed by atoms with Crippen molar-refractivity contribution in [3.8, 4) is 0 Å². The van der Waals surface area contributed by atoms with Crippen LogP contribution in [0, 0.1) is 11.6 Å². The second-order valence-corrected chi connectivity index (χ2v) is 7.03. The second-order valence-electron chi connectivity index (χ2n) is 7.03. The van der Waals surface area contributed by atoms with E-state index < -0.39 is 17.5 Å². The number of nitrogens with zero attached hydrogens (tertiary/aromatic N) is 1. The molecule has 1 N–H and O–H groups in total. The number of benzene rings is 2. The third kappa shape index (κ3) is 4.38. The summed E-state index contributed by atoms with van der Waals surface area (Å²) in [6.45, 7) is 2.54. The van der Waals surface area contributed by atoms with Gasteiger partial charge in [-0.05, 0) is 37.0 Å². The average Bonchev–Trinajstić information content (AvgIpc) is 3.17. The molecule has 3 rings (SSSR count). The number of hydrogen-bond donors (Lipinski definition) is 1. The largest absolute Gasteiger partial charge is 0.343 e. The summed E-state index contributed by atoms with van der Waals surface area (Å²) in [6, 6.07) is 12.9. The van der Waals surface area contributed by atoms with Crippen molar-refractivity contribution in [3.63, 3.8) is 0 Å². The molecule has 1 aliphatic heterocycles. The Morgan fingerprint density at radius 3 is 2.61 bits per heavy atom. The molecular weight excluding hydrogens is 362 g/mol. The molecule has 28 heavy (non-hydrogen) atoms. The molecule has 0 radical (unpaired) electrons. The predicted octanol–water partition coefficient (Wildman–Crippen LogP) is 3.88. The Balaban J connectivity index is 1.65. The van der Waals surface area contributed by atoms with E-state index in [-0.39, 0.29) is 30.0 Å². The van der Waals surface area contributed by atoms with Crippen molar-refractivity contribution in [2.75, 3.05) is 13.1 Å². The molecule has 1 saturated heterocycles. The molecule has 2 aromatic rings. The number of carbonyl (C=O) groups is 2. The molecule has 0 bridgehead atoms. The minimum absolute atomic E-state index is 0.0827. The van der Waals surface area contributed by atoms with Crippen LogP contribution < -0.4 is 5.32 Å². The molecule has 1 heterocycles. The predicted molar refractivity (Wildman–Crippen MR) is 103 cm³/mol. The first-order chi connectivity index (χ1) is 13.5. The van der Waals surface area contributed by atoms with Crippen molar-refractivity contribution < 1.29 is 18.4 Å². The van der Waals surface area contributed by atoms with Crippen LogP contribution in [0.5, 0.6) is 0 Å². The van der Waals surface area contributed by atoms with E-state index >= 15 is 0 Å². The minimum atomic E-state index is -0.945. The summed E-state index contributed by atoms with van der Waals surface area (Å²) in [5.74, 6) is -2.38. The van der Waals surface area contributed by atoms with Crippen molar-refractivity contribution >= 4 is 11.8 Å². The van der Waals surface area contributed by atoms with Gasteiger partial charge in [-0.2, -0.15) is 0 Å². The Kier molecular flexibility index (Phi) is 6.39. The van der Waals surface area contributed by atoms with E-state index in [2.05, 4.69) is 24.4 Å². The lowest BCUT2D eigenvalue weighted by Crippen LogP contribution is -2.44. The molecule has 0 aliphatic carbocycles. The molecule has 0 spiro atoms. The van der Waals surface area contributed by atoms with E-state index in [0.29, 0.717) is 12.6 Å². The number of amides is 2. The van der Waals surface area contributed by atoms with Crippen LogP contribution in [-0.4, -0.2) is 35.8 Å². The molecule has 2 atom stereocenters. The summed E-state index contributed by atoms with van der Waals surface area (Å²) in [6.07, 6.45) is 2.74. The zero-order chi connectivity index (χ0) is 20.1. The average molecular weight is 386 g/mol. The maximum Gasteiger partial charge on any atom is 0.254 e. The van der Waals surface area contributed by atoms with Gasteiger partial charge in [0.15, 0.2) is 0 Å². The Hall–Kier alpha value is -2.76. The van der Waals surface area contributed by atoms with E-state index in [9.17, 15) is 18.4 Å². The first-order valence-corrected chi connectivity index (χ1v) is 9.59. The van der Waals surface area contributed by atoms with Gasteiger partial charge < -0.3 is 10.2 Å². The highest BCUT2D eigenvalue weighted by molar-refractivity contribution is 5.96. The second kappa shape index (κ2) is 8.95. The van der Waals surface area contributed by atoms with Crippen LogP contribution in [0.1, 0.15) is 48.0 Å². The smallest absolute Gasteiger partial charge is 0.254 e. The summed E-state index contributed by atoms with van der Waals surface area (Å²) in [4.78, 5) is 26.7. The maximum atomic E-state index is 13.7. The van der Waals surface area contributed by atoms with E-state index in [1.807, 2.05) is 23.1 Å². The van der Waals surface area contributed by atoms with E-state index in [4.69, 9.17) is 0 Å². The molecule has 4 nitrogen and oxygen atoms in total. The number of carbonyl (C=O) groups excluding carboxylic acids is 2. The van der Waals surface area contributed by atoms with Crippen molar-refractivity contribution in [2.45, 2.75) is 38.1 Å². The molecule has 148 valence electrons. The first-order valence-electron chi connectivity index (χ1n) is 9.59. The Morgan fingerprint density at radius 1 is 1.18 bits per heavy atom. The van der Waals surface area contributed by atoms with Gasteiger partial charge in [-0.15, -0.1) is 0 Å². The summed E-state index contributed by atoms with van der Waals surface area (Å²) < 4.78 is 26.7. The molecule has 0 unspecified atom stereocenters. The highest BCUT2D eigenvalue weighted by Crippen LogP contribution is 2.33. The normalized spacial score (nSPS) is 17.4. The molecule has 0 aromatic heterocycles. The third-order valence-electron chi connectivity index (χ3n) is 5.33. The van der Waals surface area contributed by atoms with Gasteiger partial charge >= 0.3 is 0 Å². The zero-order valence-electron chi connectivity index (χ0n) is 15.8. The first kappa shape index (κ1) is 20.0. The SMILES string of the molecule is CC[C@H](c1ccccc1)[C@H]1CCCN1C(=O)CNC(=O)c1ccc(F)cc1F. The fourth-order valence-electron chi connectivity index (χ4n) is 3.98. The number of nitrogens with one attached hydrogen (secondary N) is 1. The lowest BCUT2D eigenvalue weighted by atomic mass is 9.87. The number of rotatable bonds is 6. The number of hydrogen-bond acceptors (Lipinski definition) is 2. The van der Waals surface area contributed by atoms with Crippen LogP contribution in [0.3, 0.4) is 0 Å². The van der Waals surface area contributed by atoms with Crippen molar-refractivity contribution in [3.05, 3.63) is 71.3 Å². The van der Waals surface area contributed by atoms with Gasteiger partial charge in [0.1, 0.15) is 11.6 Å². The third-order valence-corrected chi connectivity index (χ3v) is 5.33. The fourth-order valence-corrected chi connectivity index (χ4v) is 3.98. The Bertz CT molecular complexity index is 842. The lowest BCUT2D eigenvalue weighted by Gasteiger charge is -2.31. The quantitative estimate of drug-likeness (QED) is 0.819. The fraction of sp³-hybridized carbons (Fsp3) is 0.364. The molecule has 1 fully saturated rings. The lowest BCUT2D eigenvalue weighted by molar-refractivity contribution is -0.131. The van der Waals surface area contributed by atoms with Crippen LogP contribution in [0.4, 0.5) is 8.78 Å². The minimum Gasteiger partial charge on any atom is -0.343 e. The van der Waals surface area contributed by atoms with E-state index in [1.54, 1.807) is 0 Å². The molecule has 2 aromatic carbocycles. The van der Waals surface area contributed by atoms with Crippen molar-refractivity contribution in [1.82, 2.24) is 10.2 Å². The van der Waals surface area contributed by atoms with Gasteiger partial charge in [-0.25, -0.2) is 8.78 Å². The van der Waals surface area contributed by atoms with Gasteiger partial charge in [0.05, 0.1) is 12.1 Å². The van der Waals surface area contributed by atoms with Crippen LogP contribution >= 0.6 is 0 Å².